The Balaban J connectivity index is 2.41. The van der Waals surface area contributed by atoms with Gasteiger partial charge in [-0.2, -0.15) is 4.39 Å². The molecule has 0 fully saturated rings. The number of benzene rings is 2. The predicted molar refractivity (Wildman–Crippen MR) is 57.8 cm³/mol. The first-order chi connectivity index (χ1) is 8.09. The topological polar surface area (TPSA) is 9.23 Å². The van der Waals surface area contributed by atoms with E-state index in [4.69, 9.17) is 16.3 Å². The molecule has 2 rings (SSSR count). The highest BCUT2D eigenvalue weighted by atomic mass is 35.5. The number of hydrogen-bond donors (Lipinski definition) is 0. The van der Waals surface area contributed by atoms with Crippen LogP contribution in [0.15, 0.2) is 36.4 Å². The maximum Gasteiger partial charge on any atom is 0.204 e. The first-order valence-electron chi connectivity index (χ1n) is 4.65. The number of ether oxygens (including phenoxy) is 1. The SMILES string of the molecule is Fc1c(Cl)cc(Oc2ccccc2)c(F)c1F. The van der Waals surface area contributed by atoms with Gasteiger partial charge in [0.15, 0.2) is 17.4 Å². The van der Waals surface area contributed by atoms with Crippen molar-refractivity contribution in [1.29, 1.82) is 0 Å². The van der Waals surface area contributed by atoms with Crippen LogP contribution in [0.4, 0.5) is 13.2 Å². The van der Waals surface area contributed by atoms with Crippen LogP contribution < -0.4 is 4.74 Å². The zero-order chi connectivity index (χ0) is 12.4. The third-order valence-electron chi connectivity index (χ3n) is 2.04. The minimum absolute atomic E-state index is 0.300. The molecule has 0 saturated carbocycles. The van der Waals surface area contributed by atoms with Crippen LogP contribution in [0.5, 0.6) is 11.5 Å². The molecule has 0 aromatic heterocycles. The van der Waals surface area contributed by atoms with Crippen LogP contribution in [0.1, 0.15) is 0 Å². The van der Waals surface area contributed by atoms with E-state index in [1.807, 2.05) is 0 Å². The Morgan fingerprint density at radius 3 is 2.18 bits per heavy atom. The highest BCUT2D eigenvalue weighted by Crippen LogP contribution is 2.31. The molecule has 0 atom stereocenters. The zero-order valence-corrected chi connectivity index (χ0v) is 9.14. The molecule has 0 heterocycles. The fourth-order valence-electron chi connectivity index (χ4n) is 1.24. The average Bonchev–Trinajstić information content (AvgIpc) is 2.35. The molecular weight excluding hydrogens is 253 g/mol. The highest BCUT2D eigenvalue weighted by Gasteiger charge is 2.19. The van der Waals surface area contributed by atoms with Crippen molar-refractivity contribution in [3.63, 3.8) is 0 Å². The van der Waals surface area contributed by atoms with Crippen molar-refractivity contribution in [1.82, 2.24) is 0 Å². The monoisotopic (exact) mass is 258 g/mol. The van der Waals surface area contributed by atoms with Gasteiger partial charge in [0.2, 0.25) is 5.82 Å². The molecule has 0 spiro atoms. The van der Waals surface area contributed by atoms with Gasteiger partial charge in [0.25, 0.3) is 0 Å². The van der Waals surface area contributed by atoms with Gasteiger partial charge in [-0.3, -0.25) is 0 Å². The summed E-state index contributed by atoms with van der Waals surface area (Å²) in [5.41, 5.74) is 0. The van der Waals surface area contributed by atoms with Gasteiger partial charge in [-0.15, -0.1) is 0 Å². The van der Waals surface area contributed by atoms with Crippen LogP contribution in [0.2, 0.25) is 5.02 Å². The maximum absolute atomic E-state index is 13.3. The first kappa shape index (κ1) is 11.8. The summed E-state index contributed by atoms with van der Waals surface area (Å²) in [5.74, 6) is -4.64. The van der Waals surface area contributed by atoms with Gasteiger partial charge in [-0.05, 0) is 12.1 Å². The molecule has 0 aliphatic heterocycles. The quantitative estimate of drug-likeness (QED) is 0.567. The van der Waals surface area contributed by atoms with Crippen molar-refractivity contribution in [2.75, 3.05) is 0 Å². The lowest BCUT2D eigenvalue weighted by Gasteiger charge is -2.08. The van der Waals surface area contributed by atoms with Gasteiger partial charge in [-0.1, -0.05) is 29.8 Å². The summed E-state index contributed by atoms with van der Waals surface area (Å²) in [6, 6.07) is 9.05. The van der Waals surface area contributed by atoms with E-state index < -0.39 is 28.2 Å². The summed E-state index contributed by atoms with van der Waals surface area (Å²) in [4.78, 5) is 0. The Morgan fingerprint density at radius 1 is 0.882 bits per heavy atom. The van der Waals surface area contributed by atoms with Gasteiger partial charge in [0.05, 0.1) is 5.02 Å². The molecule has 88 valence electrons. The summed E-state index contributed by atoms with van der Waals surface area (Å²) >= 11 is 5.40. The first-order valence-corrected chi connectivity index (χ1v) is 5.03. The molecule has 0 aliphatic rings. The second kappa shape index (κ2) is 4.67. The third-order valence-corrected chi connectivity index (χ3v) is 2.32. The summed E-state index contributed by atoms with van der Waals surface area (Å²) in [7, 11) is 0. The molecule has 0 amide bonds. The lowest BCUT2D eigenvalue weighted by molar-refractivity contribution is 0.394. The van der Waals surface area contributed by atoms with Gasteiger partial charge >= 0.3 is 0 Å². The van der Waals surface area contributed by atoms with E-state index in [9.17, 15) is 13.2 Å². The Labute approximate surface area is 100 Å². The van der Waals surface area contributed by atoms with E-state index in [1.54, 1.807) is 30.3 Å². The average molecular weight is 259 g/mol. The molecule has 0 bridgehead atoms. The second-order valence-corrected chi connectivity index (χ2v) is 3.62. The minimum Gasteiger partial charge on any atom is -0.454 e. The Hall–Kier alpha value is -1.68. The fourth-order valence-corrected chi connectivity index (χ4v) is 1.42. The van der Waals surface area contributed by atoms with Crippen LogP contribution in [-0.4, -0.2) is 0 Å². The van der Waals surface area contributed by atoms with Crippen molar-refractivity contribution in [2.45, 2.75) is 0 Å². The van der Waals surface area contributed by atoms with Gasteiger partial charge < -0.3 is 4.74 Å². The molecule has 2 aromatic rings. The molecule has 1 nitrogen and oxygen atoms in total. The van der Waals surface area contributed by atoms with Crippen LogP contribution in [0.3, 0.4) is 0 Å². The van der Waals surface area contributed by atoms with Crippen molar-refractivity contribution in [2.24, 2.45) is 0 Å². The number of halogens is 4. The number of para-hydroxylation sites is 1. The molecule has 0 unspecified atom stereocenters. The van der Waals surface area contributed by atoms with Crippen LogP contribution >= 0.6 is 11.6 Å². The maximum atomic E-state index is 13.3. The summed E-state index contributed by atoms with van der Waals surface area (Å²) < 4.78 is 44.3. The molecule has 0 radical (unpaired) electrons. The van der Waals surface area contributed by atoms with E-state index in [0.717, 1.165) is 6.07 Å². The summed E-state index contributed by atoms with van der Waals surface area (Å²) in [6.45, 7) is 0. The second-order valence-electron chi connectivity index (χ2n) is 3.21. The number of hydrogen-bond acceptors (Lipinski definition) is 1. The van der Waals surface area contributed by atoms with Crippen molar-refractivity contribution >= 4 is 11.6 Å². The zero-order valence-electron chi connectivity index (χ0n) is 8.38. The van der Waals surface area contributed by atoms with Crippen molar-refractivity contribution < 1.29 is 17.9 Å². The summed E-state index contributed by atoms with van der Waals surface area (Å²) in [5, 5.41) is -0.533. The fraction of sp³-hybridized carbons (Fsp3) is 0. The van der Waals surface area contributed by atoms with Gasteiger partial charge in [0, 0.05) is 6.07 Å². The normalized spacial score (nSPS) is 10.4. The summed E-state index contributed by atoms with van der Waals surface area (Å²) in [6.07, 6.45) is 0. The molecule has 0 saturated heterocycles. The van der Waals surface area contributed by atoms with Gasteiger partial charge in [0.1, 0.15) is 5.75 Å². The Kier molecular flexibility index (Phi) is 3.24. The lowest BCUT2D eigenvalue weighted by atomic mass is 10.3. The smallest absolute Gasteiger partial charge is 0.204 e. The Morgan fingerprint density at radius 2 is 1.53 bits per heavy atom. The lowest BCUT2D eigenvalue weighted by Crippen LogP contribution is -1.96. The molecule has 17 heavy (non-hydrogen) atoms. The van der Waals surface area contributed by atoms with E-state index in [2.05, 4.69) is 0 Å². The van der Waals surface area contributed by atoms with E-state index in [0.29, 0.717) is 5.75 Å². The molecule has 5 heteroatoms. The molecule has 0 aliphatic carbocycles. The van der Waals surface area contributed by atoms with Crippen molar-refractivity contribution in [3.05, 3.63) is 58.9 Å². The predicted octanol–water partition coefficient (Wildman–Crippen LogP) is 4.55. The van der Waals surface area contributed by atoms with E-state index >= 15 is 0 Å². The molecular formula is C12H6ClF3O. The Bertz CT molecular complexity index is 543. The van der Waals surface area contributed by atoms with Crippen LogP contribution in [0.25, 0.3) is 0 Å². The van der Waals surface area contributed by atoms with E-state index in [-0.39, 0.29) is 0 Å². The molecule has 0 N–H and O–H groups in total. The molecule has 2 aromatic carbocycles. The number of rotatable bonds is 2. The highest BCUT2D eigenvalue weighted by molar-refractivity contribution is 6.30. The minimum atomic E-state index is -1.65. The van der Waals surface area contributed by atoms with E-state index in [1.165, 1.54) is 0 Å². The van der Waals surface area contributed by atoms with Crippen LogP contribution in [0, 0.1) is 17.5 Å². The van der Waals surface area contributed by atoms with Crippen LogP contribution in [-0.2, 0) is 0 Å². The van der Waals surface area contributed by atoms with Crippen molar-refractivity contribution in [3.8, 4) is 11.5 Å². The largest absolute Gasteiger partial charge is 0.454 e. The van der Waals surface area contributed by atoms with Gasteiger partial charge in [-0.25, -0.2) is 8.78 Å². The third kappa shape index (κ3) is 2.36. The standard InChI is InChI=1S/C12H6ClF3O/c13-8-6-9(11(15)12(16)10(8)14)17-7-4-2-1-3-5-7/h1-6H.